The van der Waals surface area contributed by atoms with Gasteiger partial charge in [-0.1, -0.05) is 5.16 Å². The Balaban J connectivity index is 1.82. The number of sulfonamides is 1. The van der Waals surface area contributed by atoms with Crippen LogP contribution in [0.3, 0.4) is 0 Å². The minimum absolute atomic E-state index is 0.0901. The summed E-state index contributed by atoms with van der Waals surface area (Å²) in [5.41, 5.74) is 2.29. The van der Waals surface area contributed by atoms with Crippen molar-refractivity contribution in [2.45, 2.75) is 20.8 Å². The first-order valence-electron chi connectivity index (χ1n) is 8.05. The van der Waals surface area contributed by atoms with Gasteiger partial charge in [0.15, 0.2) is 5.82 Å². The molecule has 0 bridgehead atoms. The molecule has 0 spiro atoms. The van der Waals surface area contributed by atoms with E-state index in [4.69, 9.17) is 4.52 Å². The van der Waals surface area contributed by atoms with Crippen LogP contribution in [0.25, 0.3) is 5.82 Å². The van der Waals surface area contributed by atoms with Crippen LogP contribution in [-0.4, -0.2) is 65.7 Å². The second-order valence-electron chi connectivity index (χ2n) is 6.37. The lowest BCUT2D eigenvalue weighted by atomic mass is 10.2. The molecular formula is C16H22N4O4S. The van der Waals surface area contributed by atoms with Gasteiger partial charge in [-0.05, 0) is 26.8 Å². The molecule has 1 aliphatic heterocycles. The highest BCUT2D eigenvalue weighted by Crippen LogP contribution is 2.22. The van der Waals surface area contributed by atoms with E-state index in [2.05, 4.69) is 5.16 Å². The van der Waals surface area contributed by atoms with Crippen LogP contribution in [0, 0.1) is 20.8 Å². The van der Waals surface area contributed by atoms with Crippen LogP contribution in [0.15, 0.2) is 16.7 Å². The summed E-state index contributed by atoms with van der Waals surface area (Å²) in [5, 5.41) is 4.02. The van der Waals surface area contributed by atoms with E-state index < -0.39 is 10.0 Å². The van der Waals surface area contributed by atoms with Crippen LogP contribution >= 0.6 is 0 Å². The first-order chi connectivity index (χ1) is 11.7. The first-order valence-corrected chi connectivity index (χ1v) is 9.90. The van der Waals surface area contributed by atoms with Gasteiger partial charge in [0.05, 0.1) is 11.8 Å². The van der Waals surface area contributed by atoms with Crippen molar-refractivity contribution in [3.05, 3.63) is 34.8 Å². The zero-order valence-corrected chi connectivity index (χ0v) is 15.6. The van der Waals surface area contributed by atoms with Crippen molar-refractivity contribution in [3.63, 3.8) is 0 Å². The molecule has 0 N–H and O–H groups in total. The standard InChI is InChI=1S/C16H22N4O4S/c1-11-9-14(13(3)20(11)15-10-12(2)24-17-15)16(21)18-5-7-19(8-6-18)25(4,22)23/h9-10H,5-8H2,1-4H3. The fourth-order valence-electron chi connectivity index (χ4n) is 3.18. The third-order valence-electron chi connectivity index (χ3n) is 4.50. The highest BCUT2D eigenvalue weighted by atomic mass is 32.2. The van der Waals surface area contributed by atoms with Gasteiger partial charge in [0, 0.05) is 43.6 Å². The Morgan fingerprint density at radius 3 is 2.28 bits per heavy atom. The summed E-state index contributed by atoms with van der Waals surface area (Å²) in [7, 11) is -3.21. The summed E-state index contributed by atoms with van der Waals surface area (Å²) >= 11 is 0. The quantitative estimate of drug-likeness (QED) is 0.812. The minimum atomic E-state index is -3.21. The Morgan fingerprint density at radius 2 is 1.76 bits per heavy atom. The van der Waals surface area contributed by atoms with Crippen LogP contribution in [0.5, 0.6) is 0 Å². The van der Waals surface area contributed by atoms with E-state index in [-0.39, 0.29) is 5.91 Å². The average Bonchev–Trinajstić information content (AvgIpc) is 3.09. The zero-order chi connectivity index (χ0) is 18.4. The molecule has 0 saturated carbocycles. The fraction of sp³-hybridized carbons (Fsp3) is 0.500. The number of amides is 1. The molecule has 0 atom stereocenters. The highest BCUT2D eigenvalue weighted by molar-refractivity contribution is 7.88. The maximum atomic E-state index is 12.9. The van der Waals surface area contributed by atoms with Crippen LogP contribution in [0.4, 0.5) is 0 Å². The van der Waals surface area contributed by atoms with E-state index in [0.29, 0.717) is 43.3 Å². The predicted octanol–water partition coefficient (Wildman–Crippen LogP) is 1.11. The highest BCUT2D eigenvalue weighted by Gasteiger charge is 2.28. The number of hydrogen-bond acceptors (Lipinski definition) is 5. The number of aromatic nitrogens is 2. The lowest BCUT2D eigenvalue weighted by Crippen LogP contribution is -2.50. The number of carbonyl (C=O) groups excluding carboxylic acids is 1. The molecule has 0 aliphatic carbocycles. The maximum Gasteiger partial charge on any atom is 0.255 e. The molecule has 8 nitrogen and oxygen atoms in total. The van der Waals surface area contributed by atoms with Crippen LogP contribution < -0.4 is 0 Å². The largest absolute Gasteiger partial charge is 0.360 e. The molecule has 0 radical (unpaired) electrons. The van der Waals surface area contributed by atoms with Gasteiger partial charge in [-0.25, -0.2) is 8.42 Å². The third kappa shape index (κ3) is 3.34. The van der Waals surface area contributed by atoms with Crippen molar-refractivity contribution in [2.24, 2.45) is 0 Å². The van der Waals surface area contributed by atoms with Crippen molar-refractivity contribution in [1.29, 1.82) is 0 Å². The molecule has 2 aromatic heterocycles. The summed E-state index contributed by atoms with van der Waals surface area (Å²) < 4.78 is 31.6. The maximum absolute atomic E-state index is 12.9. The Bertz CT molecular complexity index is 905. The number of rotatable bonds is 3. The molecule has 0 aromatic carbocycles. The molecule has 1 aliphatic rings. The van der Waals surface area contributed by atoms with Crippen molar-refractivity contribution < 1.29 is 17.7 Å². The van der Waals surface area contributed by atoms with E-state index in [1.807, 2.05) is 37.5 Å². The molecule has 2 aromatic rings. The van der Waals surface area contributed by atoms with Crippen molar-refractivity contribution in [1.82, 2.24) is 18.9 Å². The number of nitrogens with zero attached hydrogens (tertiary/aromatic N) is 4. The summed E-state index contributed by atoms with van der Waals surface area (Å²) in [6.45, 7) is 7.03. The normalized spacial score (nSPS) is 16.4. The smallest absolute Gasteiger partial charge is 0.255 e. The molecule has 136 valence electrons. The van der Waals surface area contributed by atoms with Gasteiger partial charge in [-0.3, -0.25) is 9.36 Å². The summed E-state index contributed by atoms with van der Waals surface area (Å²) in [6.07, 6.45) is 1.19. The predicted molar refractivity (Wildman–Crippen MR) is 92.4 cm³/mol. The van der Waals surface area contributed by atoms with Gasteiger partial charge in [-0.15, -0.1) is 0 Å². The number of hydrogen-bond donors (Lipinski definition) is 0. The lowest BCUT2D eigenvalue weighted by molar-refractivity contribution is 0.0697. The van der Waals surface area contributed by atoms with Gasteiger partial charge in [0.1, 0.15) is 5.76 Å². The van der Waals surface area contributed by atoms with Gasteiger partial charge in [0.25, 0.3) is 5.91 Å². The SMILES string of the molecule is Cc1cc(-n2c(C)cc(C(=O)N3CCN(S(C)(=O)=O)CC3)c2C)no1. The third-order valence-corrected chi connectivity index (χ3v) is 5.80. The Hall–Kier alpha value is -2.13. The Kier molecular flexibility index (Phi) is 4.46. The van der Waals surface area contributed by atoms with Crippen LogP contribution in [0.2, 0.25) is 0 Å². The summed E-state index contributed by atoms with van der Waals surface area (Å²) in [5.74, 6) is 1.26. The van der Waals surface area contributed by atoms with E-state index in [0.717, 1.165) is 11.4 Å². The van der Waals surface area contributed by atoms with E-state index in [1.165, 1.54) is 10.6 Å². The molecule has 3 heterocycles. The first kappa shape index (κ1) is 17.7. The molecule has 0 unspecified atom stereocenters. The average molecular weight is 366 g/mol. The van der Waals surface area contributed by atoms with Gasteiger partial charge >= 0.3 is 0 Å². The van der Waals surface area contributed by atoms with Gasteiger partial charge in [0.2, 0.25) is 10.0 Å². The van der Waals surface area contributed by atoms with E-state index >= 15 is 0 Å². The van der Waals surface area contributed by atoms with Crippen LogP contribution in [0.1, 0.15) is 27.5 Å². The summed E-state index contributed by atoms with van der Waals surface area (Å²) in [4.78, 5) is 14.6. The fourth-order valence-corrected chi connectivity index (χ4v) is 4.01. The van der Waals surface area contributed by atoms with E-state index in [9.17, 15) is 13.2 Å². The number of piperazine rings is 1. The second-order valence-corrected chi connectivity index (χ2v) is 8.35. The van der Waals surface area contributed by atoms with Crippen molar-refractivity contribution >= 4 is 15.9 Å². The molecule has 3 rings (SSSR count). The second kappa shape index (κ2) is 6.30. The number of carbonyl (C=O) groups is 1. The van der Waals surface area contributed by atoms with Gasteiger partial charge < -0.3 is 9.42 Å². The Morgan fingerprint density at radius 1 is 1.12 bits per heavy atom. The lowest BCUT2D eigenvalue weighted by Gasteiger charge is -2.33. The van der Waals surface area contributed by atoms with Gasteiger partial charge in [-0.2, -0.15) is 4.31 Å². The van der Waals surface area contributed by atoms with Crippen molar-refractivity contribution in [2.75, 3.05) is 32.4 Å². The minimum Gasteiger partial charge on any atom is -0.360 e. The molecular weight excluding hydrogens is 344 g/mol. The van der Waals surface area contributed by atoms with E-state index in [1.54, 1.807) is 4.90 Å². The zero-order valence-electron chi connectivity index (χ0n) is 14.8. The topological polar surface area (TPSA) is 88.7 Å². The van der Waals surface area contributed by atoms with Crippen molar-refractivity contribution in [3.8, 4) is 5.82 Å². The molecule has 9 heteroatoms. The molecule has 1 amide bonds. The summed E-state index contributed by atoms with van der Waals surface area (Å²) in [6, 6.07) is 3.66. The molecule has 1 fully saturated rings. The molecule has 25 heavy (non-hydrogen) atoms. The number of aryl methyl sites for hydroxylation is 2. The van der Waals surface area contributed by atoms with Crippen LogP contribution in [-0.2, 0) is 10.0 Å². The molecule has 1 saturated heterocycles. The Labute approximate surface area is 147 Å². The monoisotopic (exact) mass is 366 g/mol.